The van der Waals surface area contributed by atoms with Crippen molar-refractivity contribution >= 4 is 11.3 Å². The number of allylic oxidation sites excluding steroid dienone is 2. The lowest BCUT2D eigenvalue weighted by Crippen LogP contribution is -2.17. The molecule has 0 amide bonds. The first kappa shape index (κ1) is 9.07. The molecule has 1 aromatic rings. The maximum absolute atomic E-state index is 3.79. The molecule has 0 saturated carbocycles. The van der Waals surface area contributed by atoms with Gasteiger partial charge in [0.2, 0.25) is 0 Å². The van der Waals surface area contributed by atoms with E-state index in [1.807, 2.05) is 6.08 Å². The molecule has 1 nitrogen and oxygen atoms in total. The summed E-state index contributed by atoms with van der Waals surface area (Å²) < 4.78 is 0. The van der Waals surface area contributed by atoms with Crippen LogP contribution in [0.4, 0.5) is 5.69 Å². The lowest BCUT2D eigenvalue weighted by Gasteiger charge is -2.23. The lowest BCUT2D eigenvalue weighted by atomic mass is 9.95. The molecule has 1 aliphatic rings. The highest BCUT2D eigenvalue weighted by atomic mass is 14.9. The highest BCUT2D eigenvalue weighted by Crippen LogP contribution is 2.31. The van der Waals surface area contributed by atoms with E-state index in [9.17, 15) is 0 Å². The molecule has 0 aliphatic carbocycles. The number of hydrogen-bond acceptors (Lipinski definition) is 1. The molecule has 0 saturated heterocycles. The highest BCUT2D eigenvalue weighted by molar-refractivity contribution is 5.80. The van der Waals surface area contributed by atoms with E-state index in [1.165, 1.54) is 16.8 Å². The molecule has 0 fully saturated rings. The second-order valence-corrected chi connectivity index (χ2v) is 3.66. The monoisotopic (exact) mass is 185 g/mol. The highest BCUT2D eigenvalue weighted by Gasteiger charge is 2.13. The van der Waals surface area contributed by atoms with Gasteiger partial charge in [-0.15, -0.1) is 6.58 Å². The topological polar surface area (TPSA) is 12.0 Å². The maximum Gasteiger partial charge on any atom is 0.0422 e. The van der Waals surface area contributed by atoms with Gasteiger partial charge in [-0.25, -0.2) is 0 Å². The van der Waals surface area contributed by atoms with Crippen LogP contribution in [0.1, 0.15) is 18.9 Å². The summed E-state index contributed by atoms with van der Waals surface area (Å²) in [5.41, 5.74) is 3.92. The van der Waals surface area contributed by atoms with E-state index in [2.05, 4.69) is 49.2 Å². The van der Waals surface area contributed by atoms with Crippen LogP contribution in [0.2, 0.25) is 0 Å². The predicted octanol–water partition coefficient (Wildman–Crippen LogP) is 3.46. The third-order valence-electron chi connectivity index (χ3n) is 2.47. The summed E-state index contributed by atoms with van der Waals surface area (Å²) in [5.74, 6) is 0. The van der Waals surface area contributed by atoms with Gasteiger partial charge in [-0.1, -0.05) is 30.4 Å². The smallest absolute Gasteiger partial charge is 0.0422 e. The zero-order chi connectivity index (χ0) is 9.97. The summed E-state index contributed by atoms with van der Waals surface area (Å²) in [5, 5.41) is 3.44. The normalized spacial score (nSPS) is 19.2. The first-order chi connectivity index (χ1) is 6.81. The van der Waals surface area contributed by atoms with Crippen molar-refractivity contribution in [3.8, 4) is 0 Å². The first-order valence-electron chi connectivity index (χ1n) is 4.99. The second-order valence-electron chi connectivity index (χ2n) is 3.66. The summed E-state index contributed by atoms with van der Waals surface area (Å²) >= 11 is 0. The van der Waals surface area contributed by atoms with Crippen LogP contribution in [0.25, 0.3) is 5.57 Å². The summed E-state index contributed by atoms with van der Waals surface area (Å²) in [6.07, 6.45) is 5.17. The van der Waals surface area contributed by atoms with Crippen LogP contribution in [-0.2, 0) is 0 Å². The van der Waals surface area contributed by atoms with Gasteiger partial charge in [-0.05, 0) is 25.0 Å². The quantitative estimate of drug-likeness (QED) is 0.696. The molecule has 0 radical (unpaired) electrons. The molecular weight excluding hydrogens is 170 g/mol. The van der Waals surface area contributed by atoms with E-state index in [4.69, 9.17) is 0 Å². The van der Waals surface area contributed by atoms with E-state index < -0.39 is 0 Å². The van der Waals surface area contributed by atoms with Gasteiger partial charge in [0.25, 0.3) is 0 Å². The van der Waals surface area contributed by atoms with E-state index in [-0.39, 0.29) is 0 Å². The summed E-state index contributed by atoms with van der Waals surface area (Å²) in [7, 11) is 0. The molecule has 1 heterocycles. The van der Waals surface area contributed by atoms with Crippen LogP contribution in [0, 0.1) is 0 Å². The van der Waals surface area contributed by atoms with Crippen LogP contribution in [-0.4, -0.2) is 6.04 Å². The van der Waals surface area contributed by atoms with Crippen molar-refractivity contribution in [3.63, 3.8) is 0 Å². The van der Waals surface area contributed by atoms with Gasteiger partial charge in [0.15, 0.2) is 0 Å². The Labute approximate surface area is 85.2 Å². The molecule has 1 heteroatoms. The molecule has 1 unspecified atom stereocenters. The number of hydrogen-bond donors (Lipinski definition) is 1. The minimum atomic E-state index is 0.417. The van der Waals surface area contributed by atoms with Crippen molar-refractivity contribution in [1.82, 2.24) is 0 Å². The zero-order valence-corrected chi connectivity index (χ0v) is 8.46. The molecule has 1 atom stereocenters. The average Bonchev–Trinajstić information content (AvgIpc) is 2.18. The zero-order valence-electron chi connectivity index (χ0n) is 8.46. The molecule has 14 heavy (non-hydrogen) atoms. The Morgan fingerprint density at radius 2 is 2.21 bits per heavy atom. The Balaban J connectivity index is 2.44. The Morgan fingerprint density at radius 1 is 1.43 bits per heavy atom. The predicted molar refractivity (Wildman–Crippen MR) is 62.3 cm³/mol. The summed E-state index contributed by atoms with van der Waals surface area (Å²) in [6.45, 7) is 5.96. The number of benzene rings is 1. The van der Waals surface area contributed by atoms with Crippen LogP contribution >= 0.6 is 0 Å². The molecule has 1 aliphatic heterocycles. The van der Waals surface area contributed by atoms with Crippen LogP contribution in [0.3, 0.4) is 0 Å². The van der Waals surface area contributed by atoms with Crippen molar-refractivity contribution in [2.75, 3.05) is 5.32 Å². The van der Waals surface area contributed by atoms with Crippen molar-refractivity contribution in [1.29, 1.82) is 0 Å². The van der Waals surface area contributed by atoms with Gasteiger partial charge in [0.1, 0.15) is 0 Å². The molecule has 1 N–H and O–H groups in total. The summed E-state index contributed by atoms with van der Waals surface area (Å²) in [4.78, 5) is 0. The fourth-order valence-corrected chi connectivity index (χ4v) is 1.90. The second kappa shape index (κ2) is 3.70. The first-order valence-corrected chi connectivity index (χ1v) is 4.99. The molecule has 72 valence electrons. The van der Waals surface area contributed by atoms with Gasteiger partial charge in [-0.3, -0.25) is 0 Å². The minimum Gasteiger partial charge on any atom is -0.379 e. The molecule has 0 aromatic heterocycles. The van der Waals surface area contributed by atoms with Gasteiger partial charge < -0.3 is 5.32 Å². The number of nitrogens with one attached hydrogen (secondary N) is 1. The minimum absolute atomic E-state index is 0.417. The summed E-state index contributed by atoms with van der Waals surface area (Å²) in [6, 6.07) is 8.84. The Hall–Kier alpha value is -1.50. The number of fused-ring (bicyclic) bond motifs is 1. The Morgan fingerprint density at radius 3 is 3.00 bits per heavy atom. The van der Waals surface area contributed by atoms with Gasteiger partial charge in [0.05, 0.1) is 0 Å². The SMILES string of the molecule is C=CCC1=CC(C)Nc2ccccc21. The number of rotatable bonds is 2. The Bertz CT molecular complexity index is 377. The third kappa shape index (κ3) is 1.58. The fourth-order valence-electron chi connectivity index (χ4n) is 1.90. The molecular formula is C13H15N. The van der Waals surface area contributed by atoms with Crippen molar-refractivity contribution in [2.24, 2.45) is 0 Å². The van der Waals surface area contributed by atoms with Crippen LogP contribution in [0.5, 0.6) is 0 Å². The van der Waals surface area contributed by atoms with Gasteiger partial charge in [0, 0.05) is 17.3 Å². The van der Waals surface area contributed by atoms with E-state index in [1.54, 1.807) is 0 Å². The van der Waals surface area contributed by atoms with Crippen LogP contribution in [0.15, 0.2) is 43.0 Å². The van der Waals surface area contributed by atoms with E-state index in [0.717, 1.165) is 6.42 Å². The third-order valence-corrected chi connectivity index (χ3v) is 2.47. The van der Waals surface area contributed by atoms with Crippen LogP contribution < -0.4 is 5.32 Å². The molecule has 0 spiro atoms. The lowest BCUT2D eigenvalue weighted by molar-refractivity contribution is 0.979. The molecule has 0 bridgehead atoms. The van der Waals surface area contributed by atoms with Gasteiger partial charge in [-0.2, -0.15) is 0 Å². The number of para-hydroxylation sites is 1. The van der Waals surface area contributed by atoms with Gasteiger partial charge >= 0.3 is 0 Å². The Kier molecular flexibility index (Phi) is 2.40. The van der Waals surface area contributed by atoms with Crippen molar-refractivity contribution in [2.45, 2.75) is 19.4 Å². The molecule has 2 rings (SSSR count). The maximum atomic E-state index is 3.79. The average molecular weight is 185 g/mol. The standard InChI is InChI=1S/C13H15N/c1-3-6-11-9-10(2)14-13-8-5-4-7-12(11)13/h3-5,7-10,14H,1,6H2,2H3. The van der Waals surface area contributed by atoms with E-state index in [0.29, 0.717) is 6.04 Å². The van der Waals surface area contributed by atoms with Crippen molar-refractivity contribution in [3.05, 3.63) is 48.6 Å². The largest absolute Gasteiger partial charge is 0.379 e. The van der Waals surface area contributed by atoms with E-state index >= 15 is 0 Å². The number of anilines is 1. The molecule has 1 aromatic carbocycles. The van der Waals surface area contributed by atoms with Crippen molar-refractivity contribution < 1.29 is 0 Å². The fraction of sp³-hybridized carbons (Fsp3) is 0.231.